The van der Waals surface area contributed by atoms with E-state index >= 15 is 0 Å². The number of amides is 1. The topological polar surface area (TPSA) is 106 Å². The zero-order chi connectivity index (χ0) is 20.1. The molecule has 8 heteroatoms. The summed E-state index contributed by atoms with van der Waals surface area (Å²) < 4.78 is 23.2. The number of carbonyl (C=O) groups excluding carboxylic acids is 1. The molecule has 0 aliphatic carbocycles. The largest absolute Gasteiger partial charge is 0.334 e. The van der Waals surface area contributed by atoms with Gasteiger partial charge >= 0.3 is 0 Å². The molecule has 0 radical (unpaired) electrons. The standard InChI is InChI=1S/C20H20N4O3S/c1-12-13(2)23-19-10-15(4-6-18(19)22-12)20(25)24-8-7-14-3-5-17(28(21,26)27)9-16(14)11-24/h3-6,9-10H,7-8,11H2,1-2H3,(H2,21,26,27). The average molecular weight is 396 g/mol. The van der Waals surface area contributed by atoms with E-state index in [1.54, 1.807) is 35.2 Å². The Labute approximate surface area is 163 Å². The second kappa shape index (κ2) is 6.65. The van der Waals surface area contributed by atoms with Crippen LogP contribution in [0.3, 0.4) is 0 Å². The van der Waals surface area contributed by atoms with Crippen molar-refractivity contribution in [1.29, 1.82) is 0 Å². The molecular formula is C20H20N4O3S. The van der Waals surface area contributed by atoms with Crippen molar-refractivity contribution in [3.63, 3.8) is 0 Å². The van der Waals surface area contributed by atoms with Crippen LogP contribution in [0.1, 0.15) is 32.9 Å². The Morgan fingerprint density at radius 2 is 1.71 bits per heavy atom. The maximum absolute atomic E-state index is 13.0. The molecule has 1 aliphatic heterocycles. The van der Waals surface area contributed by atoms with Gasteiger partial charge < -0.3 is 4.90 Å². The highest BCUT2D eigenvalue weighted by molar-refractivity contribution is 7.89. The Hall–Kier alpha value is -2.84. The summed E-state index contributed by atoms with van der Waals surface area (Å²) in [5.74, 6) is -0.117. The third-order valence-corrected chi connectivity index (χ3v) is 6.04. The van der Waals surface area contributed by atoms with Crippen LogP contribution >= 0.6 is 0 Å². The van der Waals surface area contributed by atoms with Crippen LogP contribution in [-0.4, -0.2) is 35.7 Å². The van der Waals surface area contributed by atoms with Gasteiger partial charge in [-0.05, 0) is 61.7 Å². The number of nitrogens with two attached hydrogens (primary N) is 1. The number of hydrogen-bond donors (Lipinski definition) is 1. The molecule has 28 heavy (non-hydrogen) atoms. The lowest BCUT2D eigenvalue weighted by Crippen LogP contribution is -2.36. The quantitative estimate of drug-likeness (QED) is 0.714. The van der Waals surface area contributed by atoms with Crippen molar-refractivity contribution in [3.8, 4) is 0 Å². The molecule has 1 aromatic heterocycles. The summed E-state index contributed by atoms with van der Waals surface area (Å²) in [4.78, 5) is 23.8. The van der Waals surface area contributed by atoms with Gasteiger partial charge in [0.2, 0.25) is 10.0 Å². The third kappa shape index (κ3) is 3.36. The number of rotatable bonds is 2. The maximum atomic E-state index is 13.0. The molecule has 1 amide bonds. The maximum Gasteiger partial charge on any atom is 0.254 e. The zero-order valence-electron chi connectivity index (χ0n) is 15.6. The molecule has 0 saturated carbocycles. The van der Waals surface area contributed by atoms with Crippen LogP contribution in [0.15, 0.2) is 41.3 Å². The molecule has 7 nitrogen and oxygen atoms in total. The van der Waals surface area contributed by atoms with Gasteiger partial charge in [-0.25, -0.2) is 23.5 Å². The van der Waals surface area contributed by atoms with Gasteiger partial charge in [-0.15, -0.1) is 0 Å². The Balaban J connectivity index is 1.64. The first-order valence-electron chi connectivity index (χ1n) is 8.91. The summed E-state index contributed by atoms with van der Waals surface area (Å²) in [6.45, 7) is 4.70. The van der Waals surface area contributed by atoms with Crippen LogP contribution in [-0.2, 0) is 23.0 Å². The molecule has 0 bridgehead atoms. The summed E-state index contributed by atoms with van der Waals surface area (Å²) in [5, 5.41) is 5.23. The van der Waals surface area contributed by atoms with E-state index in [-0.39, 0.29) is 10.8 Å². The zero-order valence-corrected chi connectivity index (χ0v) is 16.5. The molecule has 4 rings (SSSR count). The minimum Gasteiger partial charge on any atom is -0.334 e. The van der Waals surface area contributed by atoms with Crippen molar-refractivity contribution in [3.05, 3.63) is 64.5 Å². The first-order valence-corrected chi connectivity index (χ1v) is 10.5. The van der Waals surface area contributed by atoms with Gasteiger partial charge in [-0.3, -0.25) is 4.79 Å². The molecule has 0 unspecified atom stereocenters. The molecule has 2 heterocycles. The molecule has 0 atom stereocenters. The van der Waals surface area contributed by atoms with E-state index in [0.29, 0.717) is 30.6 Å². The lowest BCUT2D eigenvalue weighted by molar-refractivity contribution is 0.0734. The van der Waals surface area contributed by atoms with Crippen LogP contribution in [0.5, 0.6) is 0 Å². The number of primary sulfonamides is 1. The number of fused-ring (bicyclic) bond motifs is 2. The van der Waals surface area contributed by atoms with Crippen LogP contribution in [0.25, 0.3) is 11.0 Å². The molecule has 144 valence electrons. The van der Waals surface area contributed by atoms with Crippen molar-refractivity contribution in [2.75, 3.05) is 6.54 Å². The van der Waals surface area contributed by atoms with Crippen molar-refractivity contribution in [2.45, 2.75) is 31.7 Å². The van der Waals surface area contributed by atoms with E-state index in [1.165, 1.54) is 6.07 Å². The Kier molecular flexibility index (Phi) is 4.40. The third-order valence-electron chi connectivity index (χ3n) is 5.13. The number of hydrogen-bond acceptors (Lipinski definition) is 5. The van der Waals surface area contributed by atoms with Crippen molar-refractivity contribution in [1.82, 2.24) is 14.9 Å². The monoisotopic (exact) mass is 396 g/mol. The fourth-order valence-corrected chi connectivity index (χ4v) is 3.99. The van der Waals surface area contributed by atoms with Crippen LogP contribution in [0, 0.1) is 13.8 Å². The summed E-state index contributed by atoms with van der Waals surface area (Å²) in [6.07, 6.45) is 0.664. The van der Waals surface area contributed by atoms with Gasteiger partial charge in [0, 0.05) is 18.7 Å². The fourth-order valence-electron chi connectivity index (χ4n) is 3.43. The van der Waals surface area contributed by atoms with E-state index in [2.05, 4.69) is 9.97 Å². The van der Waals surface area contributed by atoms with Crippen molar-refractivity contribution in [2.24, 2.45) is 5.14 Å². The lowest BCUT2D eigenvalue weighted by Gasteiger charge is -2.29. The predicted octanol–water partition coefficient (Wildman–Crippen LogP) is 2.09. The van der Waals surface area contributed by atoms with E-state index in [4.69, 9.17) is 5.14 Å². The summed E-state index contributed by atoms with van der Waals surface area (Å²) in [6, 6.07) is 10.2. The first kappa shape index (κ1) is 18.5. The Bertz CT molecular complexity index is 1220. The van der Waals surface area contributed by atoms with Crippen molar-refractivity contribution < 1.29 is 13.2 Å². The van der Waals surface area contributed by atoms with Crippen LogP contribution in [0.2, 0.25) is 0 Å². The van der Waals surface area contributed by atoms with Crippen molar-refractivity contribution >= 4 is 27.0 Å². The van der Waals surface area contributed by atoms with Crippen LogP contribution < -0.4 is 5.14 Å². The van der Waals surface area contributed by atoms with Gasteiger partial charge in [0.1, 0.15) is 0 Å². The molecule has 0 fully saturated rings. The van der Waals surface area contributed by atoms with E-state index < -0.39 is 10.0 Å². The number of aryl methyl sites for hydroxylation is 2. The van der Waals surface area contributed by atoms with Gasteiger partial charge in [-0.2, -0.15) is 0 Å². The first-order chi connectivity index (χ1) is 13.2. The lowest BCUT2D eigenvalue weighted by atomic mass is 9.99. The Morgan fingerprint density at radius 3 is 2.43 bits per heavy atom. The number of nitrogens with zero attached hydrogens (tertiary/aromatic N) is 3. The number of carbonyl (C=O) groups is 1. The molecule has 3 aromatic rings. The minimum atomic E-state index is -3.78. The highest BCUT2D eigenvalue weighted by Crippen LogP contribution is 2.24. The second-order valence-corrected chi connectivity index (χ2v) is 8.61. The molecular weight excluding hydrogens is 376 g/mol. The molecule has 0 saturated heterocycles. The summed E-state index contributed by atoms with van der Waals surface area (Å²) in [7, 11) is -3.78. The van der Waals surface area contributed by atoms with Gasteiger partial charge in [0.15, 0.2) is 0 Å². The van der Waals surface area contributed by atoms with E-state index in [1.807, 2.05) is 13.8 Å². The van der Waals surface area contributed by atoms with E-state index in [9.17, 15) is 13.2 Å². The molecule has 1 aliphatic rings. The normalized spacial score (nSPS) is 14.2. The minimum absolute atomic E-state index is 0.0624. The van der Waals surface area contributed by atoms with Gasteiger partial charge in [0.05, 0.1) is 27.3 Å². The van der Waals surface area contributed by atoms with Gasteiger partial charge in [-0.1, -0.05) is 6.07 Å². The van der Waals surface area contributed by atoms with Gasteiger partial charge in [0.25, 0.3) is 5.91 Å². The Morgan fingerprint density at radius 1 is 1.00 bits per heavy atom. The smallest absolute Gasteiger partial charge is 0.254 e. The fraction of sp³-hybridized carbons (Fsp3) is 0.250. The number of benzene rings is 2. The number of sulfonamides is 1. The van der Waals surface area contributed by atoms with Crippen LogP contribution in [0.4, 0.5) is 0 Å². The number of aromatic nitrogens is 2. The highest BCUT2D eigenvalue weighted by Gasteiger charge is 2.23. The average Bonchev–Trinajstić information content (AvgIpc) is 2.66. The second-order valence-electron chi connectivity index (χ2n) is 7.05. The molecule has 2 aromatic carbocycles. The molecule has 0 spiro atoms. The summed E-state index contributed by atoms with van der Waals surface area (Å²) in [5.41, 5.74) is 5.51. The molecule has 2 N–H and O–H groups in total. The SMILES string of the molecule is Cc1nc2ccc(C(=O)N3CCc4ccc(S(N)(=O)=O)cc4C3)cc2nc1C. The predicted molar refractivity (Wildman–Crippen MR) is 105 cm³/mol. The highest BCUT2D eigenvalue weighted by atomic mass is 32.2. The van der Waals surface area contributed by atoms with E-state index in [0.717, 1.165) is 28.0 Å². The summed E-state index contributed by atoms with van der Waals surface area (Å²) >= 11 is 0.